The molecule has 78 valence electrons. The molecule has 6 nitrogen and oxygen atoms in total. The summed E-state index contributed by atoms with van der Waals surface area (Å²) in [7, 11) is 0. The van der Waals surface area contributed by atoms with Gasteiger partial charge in [0, 0.05) is 12.8 Å². The molecule has 14 heavy (non-hydrogen) atoms. The number of esters is 1. The number of carbonyl (C=O) groups is 2. The number of hydrogen-bond acceptors (Lipinski definition) is 5. The van der Waals surface area contributed by atoms with Gasteiger partial charge >= 0.3 is 5.97 Å². The minimum absolute atomic E-state index is 0.0743. The van der Waals surface area contributed by atoms with E-state index in [4.69, 9.17) is 10.8 Å². The van der Waals surface area contributed by atoms with Crippen LogP contribution in [-0.2, 0) is 14.3 Å². The number of amides is 1. The quantitative estimate of drug-likeness (QED) is 0.405. The van der Waals surface area contributed by atoms with Crippen LogP contribution in [0.2, 0.25) is 0 Å². The molecule has 0 rings (SSSR count). The van der Waals surface area contributed by atoms with E-state index in [2.05, 4.69) is 10.1 Å². The minimum Gasteiger partial charge on any atom is -0.466 e. The molecule has 6 heteroatoms. The molecule has 0 aliphatic carbocycles. The van der Waals surface area contributed by atoms with Crippen LogP contribution in [0.15, 0.2) is 0 Å². The molecule has 0 saturated heterocycles. The first-order valence-electron chi connectivity index (χ1n) is 4.14. The third kappa shape index (κ3) is 5.02. The van der Waals surface area contributed by atoms with Crippen LogP contribution < -0.4 is 5.32 Å². The highest BCUT2D eigenvalue weighted by Crippen LogP contribution is 1.84. The van der Waals surface area contributed by atoms with E-state index in [0.717, 1.165) is 0 Å². The van der Waals surface area contributed by atoms with Crippen molar-refractivity contribution in [1.82, 2.24) is 5.32 Å². The Morgan fingerprint density at radius 3 is 2.64 bits per heavy atom. The van der Waals surface area contributed by atoms with Crippen LogP contribution >= 0.6 is 0 Å². The predicted molar refractivity (Wildman–Crippen MR) is 50.8 cm³/mol. The van der Waals surface area contributed by atoms with Crippen molar-refractivity contribution in [1.29, 1.82) is 10.8 Å². The molecule has 0 unspecified atom stereocenters. The van der Waals surface area contributed by atoms with Gasteiger partial charge in [-0.15, -0.1) is 0 Å². The molecule has 0 aliphatic rings. The van der Waals surface area contributed by atoms with Gasteiger partial charge in [-0.05, 0) is 6.92 Å². The maximum Gasteiger partial charge on any atom is 0.307 e. The zero-order valence-electron chi connectivity index (χ0n) is 7.92. The van der Waals surface area contributed by atoms with Crippen LogP contribution in [0.25, 0.3) is 0 Å². The topological polar surface area (TPSA) is 103 Å². The minimum atomic E-state index is -0.663. The van der Waals surface area contributed by atoms with E-state index < -0.39 is 17.6 Å². The summed E-state index contributed by atoms with van der Waals surface area (Å²) >= 11 is 0. The van der Waals surface area contributed by atoms with Crippen molar-refractivity contribution in [2.24, 2.45) is 0 Å². The lowest BCUT2D eigenvalue weighted by Crippen LogP contribution is -2.32. The van der Waals surface area contributed by atoms with Gasteiger partial charge in [-0.3, -0.25) is 15.0 Å². The normalized spacial score (nSPS) is 8.93. The standard InChI is InChI=1S/C8H13N3O3/c1-2-14-7(12)3-4-11-8(13)6(10)5-9/h5,9-10H,2-4H2,1H3,(H,11,13). The van der Waals surface area contributed by atoms with Gasteiger partial charge in [-0.1, -0.05) is 0 Å². The molecule has 0 aromatic rings. The fraction of sp³-hybridized carbons (Fsp3) is 0.500. The van der Waals surface area contributed by atoms with Crippen LogP contribution in [0.5, 0.6) is 0 Å². The summed E-state index contributed by atoms with van der Waals surface area (Å²) in [6, 6.07) is 0. The van der Waals surface area contributed by atoms with E-state index in [1.54, 1.807) is 6.92 Å². The van der Waals surface area contributed by atoms with Crippen molar-refractivity contribution in [2.45, 2.75) is 13.3 Å². The van der Waals surface area contributed by atoms with E-state index in [0.29, 0.717) is 12.8 Å². The zero-order valence-corrected chi connectivity index (χ0v) is 7.92. The van der Waals surface area contributed by atoms with Gasteiger partial charge in [0.15, 0.2) is 0 Å². The molecule has 0 radical (unpaired) electrons. The van der Waals surface area contributed by atoms with Crippen LogP contribution in [-0.4, -0.2) is 37.0 Å². The molecule has 0 spiro atoms. The molecular weight excluding hydrogens is 186 g/mol. The lowest BCUT2D eigenvalue weighted by Gasteiger charge is -2.03. The number of carbonyl (C=O) groups excluding carboxylic acids is 2. The van der Waals surface area contributed by atoms with E-state index in [1.165, 1.54) is 0 Å². The predicted octanol–water partition coefficient (Wildman–Crippen LogP) is -0.275. The van der Waals surface area contributed by atoms with Crippen LogP contribution in [0.4, 0.5) is 0 Å². The van der Waals surface area contributed by atoms with Gasteiger partial charge in [0.2, 0.25) is 0 Å². The maximum absolute atomic E-state index is 10.9. The third-order valence-corrected chi connectivity index (χ3v) is 1.31. The van der Waals surface area contributed by atoms with E-state index in [9.17, 15) is 9.59 Å². The largest absolute Gasteiger partial charge is 0.466 e. The highest BCUT2D eigenvalue weighted by molar-refractivity contribution is 6.59. The van der Waals surface area contributed by atoms with Gasteiger partial charge in [-0.25, -0.2) is 0 Å². The molecule has 0 saturated carbocycles. The summed E-state index contributed by atoms with van der Waals surface area (Å²) < 4.78 is 4.62. The Morgan fingerprint density at radius 1 is 1.50 bits per heavy atom. The van der Waals surface area contributed by atoms with E-state index >= 15 is 0 Å². The Hall–Kier alpha value is -1.72. The lowest BCUT2D eigenvalue weighted by atomic mass is 10.3. The maximum atomic E-state index is 10.9. The summed E-state index contributed by atoms with van der Waals surface area (Å²) in [5.74, 6) is -1.06. The summed E-state index contributed by atoms with van der Waals surface area (Å²) in [5.41, 5.74) is -0.436. The van der Waals surface area contributed by atoms with Crippen LogP contribution in [0, 0.1) is 10.8 Å². The van der Waals surface area contributed by atoms with Crippen molar-refractivity contribution in [2.75, 3.05) is 13.2 Å². The van der Waals surface area contributed by atoms with Crippen molar-refractivity contribution >= 4 is 23.8 Å². The summed E-state index contributed by atoms with van der Waals surface area (Å²) in [4.78, 5) is 21.7. The molecule has 0 aliphatic heterocycles. The van der Waals surface area contributed by atoms with E-state index in [1.807, 2.05) is 0 Å². The second-order valence-corrected chi connectivity index (χ2v) is 2.37. The van der Waals surface area contributed by atoms with Gasteiger partial charge in [0.05, 0.1) is 13.0 Å². The molecule has 3 N–H and O–H groups in total. The number of ether oxygens (including phenoxy) is 1. The van der Waals surface area contributed by atoms with Crippen molar-refractivity contribution in [3.05, 3.63) is 0 Å². The first-order valence-corrected chi connectivity index (χ1v) is 4.14. The molecule has 0 aromatic heterocycles. The second-order valence-electron chi connectivity index (χ2n) is 2.37. The highest BCUT2D eigenvalue weighted by atomic mass is 16.5. The summed E-state index contributed by atoms with van der Waals surface area (Å²) in [5, 5.41) is 15.9. The van der Waals surface area contributed by atoms with E-state index in [-0.39, 0.29) is 13.0 Å². The number of nitrogens with one attached hydrogen (secondary N) is 3. The Labute approximate surface area is 81.7 Å². The summed E-state index contributed by atoms with van der Waals surface area (Å²) in [6.07, 6.45) is 0.713. The first-order chi connectivity index (χ1) is 6.61. The number of hydrogen-bond donors (Lipinski definition) is 3. The average Bonchev–Trinajstić information content (AvgIpc) is 2.16. The summed E-state index contributed by atoms with van der Waals surface area (Å²) in [6.45, 7) is 2.12. The fourth-order valence-electron chi connectivity index (χ4n) is 0.672. The van der Waals surface area contributed by atoms with Crippen molar-refractivity contribution in [3.8, 4) is 0 Å². The van der Waals surface area contributed by atoms with Gasteiger partial charge < -0.3 is 15.5 Å². The monoisotopic (exact) mass is 199 g/mol. The van der Waals surface area contributed by atoms with Gasteiger partial charge in [-0.2, -0.15) is 0 Å². The Kier molecular flexibility index (Phi) is 5.93. The molecule has 0 fully saturated rings. The smallest absolute Gasteiger partial charge is 0.307 e. The van der Waals surface area contributed by atoms with Crippen molar-refractivity contribution in [3.63, 3.8) is 0 Å². The molecule has 0 aromatic carbocycles. The SMILES string of the molecule is CCOC(=O)CCNC(=O)C(=N)C=N. The highest BCUT2D eigenvalue weighted by Gasteiger charge is 2.06. The Bertz CT molecular complexity index is 250. The second kappa shape index (κ2) is 6.76. The zero-order chi connectivity index (χ0) is 11.0. The molecule has 1 amide bonds. The Balaban J connectivity index is 3.64. The molecule has 0 bridgehead atoms. The Morgan fingerprint density at radius 2 is 2.14 bits per heavy atom. The molecular formula is C8H13N3O3. The molecule has 0 heterocycles. The number of rotatable bonds is 6. The van der Waals surface area contributed by atoms with Crippen LogP contribution in [0.3, 0.4) is 0 Å². The van der Waals surface area contributed by atoms with Gasteiger partial charge in [0.25, 0.3) is 5.91 Å². The van der Waals surface area contributed by atoms with Gasteiger partial charge in [0.1, 0.15) is 5.71 Å². The fourth-order valence-corrected chi connectivity index (χ4v) is 0.672. The van der Waals surface area contributed by atoms with Crippen molar-refractivity contribution < 1.29 is 14.3 Å². The molecule has 0 atom stereocenters. The first kappa shape index (κ1) is 12.3. The third-order valence-electron chi connectivity index (χ3n) is 1.31. The lowest BCUT2D eigenvalue weighted by molar-refractivity contribution is -0.142. The average molecular weight is 199 g/mol. The van der Waals surface area contributed by atoms with Crippen LogP contribution in [0.1, 0.15) is 13.3 Å².